The lowest BCUT2D eigenvalue weighted by Gasteiger charge is -2.15. The number of rotatable bonds is 5. The Balaban J connectivity index is 1.86. The second kappa shape index (κ2) is 6.33. The van der Waals surface area contributed by atoms with E-state index in [4.69, 9.17) is 4.74 Å². The first-order chi connectivity index (χ1) is 8.31. The molecule has 2 rings (SSSR count). The highest BCUT2D eigenvalue weighted by atomic mass is 32.2. The van der Waals surface area contributed by atoms with Crippen LogP contribution in [0.2, 0.25) is 0 Å². The van der Waals surface area contributed by atoms with Crippen LogP contribution >= 0.6 is 11.8 Å². The largest absolute Gasteiger partial charge is 0.380 e. The molecule has 17 heavy (non-hydrogen) atoms. The Hall–Kier alpha value is -0.650. The van der Waals surface area contributed by atoms with Crippen molar-refractivity contribution in [3.63, 3.8) is 0 Å². The van der Waals surface area contributed by atoms with E-state index in [2.05, 4.69) is 21.8 Å². The SMILES string of the molecule is CCSc1ncc(CN2CC[C@H](OC)C2)cn1. The van der Waals surface area contributed by atoms with Gasteiger partial charge >= 0.3 is 0 Å². The van der Waals surface area contributed by atoms with E-state index in [0.29, 0.717) is 6.10 Å². The fraction of sp³-hybridized carbons (Fsp3) is 0.667. The minimum atomic E-state index is 0.394. The van der Waals surface area contributed by atoms with Crippen LogP contribution in [0.3, 0.4) is 0 Å². The van der Waals surface area contributed by atoms with Crippen LogP contribution in [0.1, 0.15) is 18.9 Å². The molecule has 0 amide bonds. The Morgan fingerprint density at radius 2 is 2.24 bits per heavy atom. The van der Waals surface area contributed by atoms with E-state index in [1.54, 1.807) is 18.9 Å². The Labute approximate surface area is 107 Å². The summed E-state index contributed by atoms with van der Waals surface area (Å²) in [6, 6.07) is 0. The van der Waals surface area contributed by atoms with Crippen LogP contribution < -0.4 is 0 Å². The maximum absolute atomic E-state index is 5.35. The van der Waals surface area contributed by atoms with Gasteiger partial charge in [-0.15, -0.1) is 0 Å². The maximum atomic E-state index is 5.35. The van der Waals surface area contributed by atoms with Gasteiger partial charge in [0.15, 0.2) is 5.16 Å². The molecule has 1 aliphatic rings. The minimum Gasteiger partial charge on any atom is -0.380 e. The van der Waals surface area contributed by atoms with Crippen LogP contribution in [0.5, 0.6) is 0 Å². The third-order valence-corrected chi connectivity index (χ3v) is 3.68. The summed E-state index contributed by atoms with van der Waals surface area (Å²) < 4.78 is 5.35. The first kappa shape index (κ1) is 12.8. The third kappa shape index (κ3) is 3.66. The van der Waals surface area contributed by atoms with Crippen LogP contribution in [0.4, 0.5) is 0 Å². The lowest BCUT2D eigenvalue weighted by Crippen LogP contribution is -2.22. The molecule has 1 fully saturated rings. The van der Waals surface area contributed by atoms with Crippen molar-refractivity contribution in [2.75, 3.05) is 26.0 Å². The number of aromatic nitrogens is 2. The normalized spacial score (nSPS) is 20.9. The van der Waals surface area contributed by atoms with Gasteiger partial charge in [-0.1, -0.05) is 18.7 Å². The number of likely N-dealkylation sites (tertiary alicyclic amines) is 1. The lowest BCUT2D eigenvalue weighted by atomic mass is 10.3. The van der Waals surface area contributed by atoms with Gasteiger partial charge < -0.3 is 4.74 Å². The van der Waals surface area contributed by atoms with E-state index in [1.165, 1.54) is 5.56 Å². The minimum absolute atomic E-state index is 0.394. The van der Waals surface area contributed by atoms with Crippen molar-refractivity contribution in [2.24, 2.45) is 0 Å². The van der Waals surface area contributed by atoms with Crippen molar-refractivity contribution < 1.29 is 4.74 Å². The summed E-state index contributed by atoms with van der Waals surface area (Å²) in [7, 11) is 1.79. The first-order valence-corrected chi connectivity index (χ1v) is 6.99. The van der Waals surface area contributed by atoms with Gasteiger partial charge in [-0.3, -0.25) is 4.90 Å². The topological polar surface area (TPSA) is 38.2 Å². The highest BCUT2D eigenvalue weighted by molar-refractivity contribution is 7.99. The molecule has 1 aromatic heterocycles. The van der Waals surface area contributed by atoms with Gasteiger partial charge in [-0.2, -0.15) is 0 Å². The molecule has 0 spiro atoms. The van der Waals surface area contributed by atoms with Crippen molar-refractivity contribution in [3.05, 3.63) is 18.0 Å². The molecule has 0 radical (unpaired) electrons. The zero-order valence-corrected chi connectivity index (χ0v) is 11.2. The van der Waals surface area contributed by atoms with Crippen molar-refractivity contribution >= 4 is 11.8 Å². The summed E-state index contributed by atoms with van der Waals surface area (Å²) in [4.78, 5) is 11.1. The van der Waals surface area contributed by atoms with E-state index in [0.717, 1.165) is 37.0 Å². The molecule has 5 heteroatoms. The van der Waals surface area contributed by atoms with E-state index < -0.39 is 0 Å². The summed E-state index contributed by atoms with van der Waals surface area (Å²) in [5.74, 6) is 1.01. The Kier molecular flexibility index (Phi) is 4.76. The summed E-state index contributed by atoms with van der Waals surface area (Å²) in [5, 5.41) is 0.868. The summed E-state index contributed by atoms with van der Waals surface area (Å²) >= 11 is 1.67. The summed E-state index contributed by atoms with van der Waals surface area (Å²) in [5.41, 5.74) is 1.18. The molecule has 0 aromatic carbocycles. The predicted molar refractivity (Wildman–Crippen MR) is 69.1 cm³/mol. The highest BCUT2D eigenvalue weighted by Crippen LogP contribution is 2.16. The molecule has 1 aliphatic heterocycles. The first-order valence-electron chi connectivity index (χ1n) is 6.00. The van der Waals surface area contributed by atoms with Crippen LogP contribution in [-0.2, 0) is 11.3 Å². The van der Waals surface area contributed by atoms with Crippen LogP contribution in [-0.4, -0.2) is 46.9 Å². The molecule has 0 aliphatic carbocycles. The molecule has 1 atom stereocenters. The quantitative estimate of drug-likeness (QED) is 0.591. The third-order valence-electron chi connectivity index (χ3n) is 2.92. The number of hydrogen-bond donors (Lipinski definition) is 0. The average molecular weight is 253 g/mol. The van der Waals surface area contributed by atoms with E-state index in [9.17, 15) is 0 Å². The van der Waals surface area contributed by atoms with E-state index in [1.807, 2.05) is 12.4 Å². The van der Waals surface area contributed by atoms with Gasteiger partial charge in [0.05, 0.1) is 6.10 Å². The molecule has 0 N–H and O–H groups in total. The molecule has 0 saturated carbocycles. The molecule has 94 valence electrons. The fourth-order valence-corrected chi connectivity index (χ4v) is 2.53. The molecular formula is C12H19N3OS. The smallest absolute Gasteiger partial charge is 0.187 e. The molecular weight excluding hydrogens is 234 g/mol. The van der Waals surface area contributed by atoms with Crippen LogP contribution in [0.25, 0.3) is 0 Å². The summed E-state index contributed by atoms with van der Waals surface area (Å²) in [6.07, 6.45) is 5.39. The average Bonchev–Trinajstić information content (AvgIpc) is 2.80. The van der Waals surface area contributed by atoms with Crippen molar-refractivity contribution in [1.82, 2.24) is 14.9 Å². The van der Waals surface area contributed by atoms with E-state index >= 15 is 0 Å². The molecule has 4 nitrogen and oxygen atoms in total. The Morgan fingerprint density at radius 1 is 1.47 bits per heavy atom. The zero-order chi connectivity index (χ0) is 12.1. The molecule has 0 bridgehead atoms. The monoisotopic (exact) mass is 253 g/mol. The standard InChI is InChI=1S/C12H19N3OS/c1-3-17-12-13-6-10(7-14-12)8-15-5-4-11(9-15)16-2/h6-7,11H,3-5,8-9H2,1-2H3/t11-/m0/s1. The van der Waals surface area contributed by atoms with E-state index in [-0.39, 0.29) is 0 Å². The van der Waals surface area contributed by atoms with Crippen molar-refractivity contribution in [3.8, 4) is 0 Å². The number of nitrogens with zero attached hydrogens (tertiary/aromatic N) is 3. The Morgan fingerprint density at radius 3 is 2.82 bits per heavy atom. The highest BCUT2D eigenvalue weighted by Gasteiger charge is 2.21. The van der Waals surface area contributed by atoms with Gasteiger partial charge in [-0.25, -0.2) is 9.97 Å². The Bertz CT molecular complexity index is 344. The van der Waals surface area contributed by atoms with Crippen molar-refractivity contribution in [1.29, 1.82) is 0 Å². The zero-order valence-electron chi connectivity index (χ0n) is 10.4. The molecule has 1 aromatic rings. The molecule has 0 unspecified atom stereocenters. The van der Waals surface area contributed by atoms with Crippen LogP contribution in [0, 0.1) is 0 Å². The van der Waals surface area contributed by atoms with Gasteiger partial charge in [0.2, 0.25) is 0 Å². The van der Waals surface area contributed by atoms with Gasteiger partial charge in [0, 0.05) is 44.7 Å². The van der Waals surface area contributed by atoms with Gasteiger partial charge in [0.25, 0.3) is 0 Å². The maximum Gasteiger partial charge on any atom is 0.187 e. The summed E-state index contributed by atoms with van der Waals surface area (Å²) in [6.45, 7) is 5.15. The van der Waals surface area contributed by atoms with Gasteiger partial charge in [0.1, 0.15) is 0 Å². The molecule has 1 saturated heterocycles. The van der Waals surface area contributed by atoms with Crippen molar-refractivity contribution in [2.45, 2.75) is 31.1 Å². The lowest BCUT2D eigenvalue weighted by molar-refractivity contribution is 0.107. The second-order valence-electron chi connectivity index (χ2n) is 4.19. The number of thioether (sulfide) groups is 1. The number of hydrogen-bond acceptors (Lipinski definition) is 5. The predicted octanol–water partition coefficient (Wildman–Crippen LogP) is 1.81. The second-order valence-corrected chi connectivity index (χ2v) is 5.42. The fourth-order valence-electron chi connectivity index (χ4n) is 2.02. The number of methoxy groups -OCH3 is 1. The van der Waals surface area contributed by atoms with Gasteiger partial charge in [-0.05, 0) is 12.2 Å². The van der Waals surface area contributed by atoms with Crippen LogP contribution in [0.15, 0.2) is 17.6 Å². The molecule has 2 heterocycles. The number of ether oxygens (including phenoxy) is 1.